The minimum atomic E-state index is -0.496. The van der Waals surface area contributed by atoms with Gasteiger partial charge in [0.1, 0.15) is 5.82 Å². The van der Waals surface area contributed by atoms with Crippen LogP contribution in [0.5, 0.6) is 0 Å². The maximum atomic E-state index is 14.4. The summed E-state index contributed by atoms with van der Waals surface area (Å²) in [5, 5.41) is 11.8. The highest BCUT2D eigenvalue weighted by Crippen LogP contribution is 2.22. The molecule has 1 fully saturated rings. The van der Waals surface area contributed by atoms with Crippen LogP contribution in [0, 0.1) is 11.7 Å². The molecule has 0 spiro atoms. The first kappa shape index (κ1) is 23.0. The Morgan fingerprint density at radius 2 is 1.97 bits per heavy atom. The van der Waals surface area contributed by atoms with Crippen molar-refractivity contribution in [3.8, 4) is 11.3 Å². The fraction of sp³-hybridized carbons (Fsp3) is 0.296. The highest BCUT2D eigenvalue weighted by atomic mass is 19.1. The molecule has 2 N–H and O–H groups in total. The lowest BCUT2D eigenvalue weighted by Crippen LogP contribution is -2.36. The molecule has 35 heavy (non-hydrogen) atoms. The van der Waals surface area contributed by atoms with E-state index in [0.717, 1.165) is 42.6 Å². The zero-order chi connectivity index (χ0) is 24.4. The molecule has 5 rings (SSSR count). The molecule has 4 aromatic rings. The minimum Gasteiger partial charge on any atom is -0.352 e. The summed E-state index contributed by atoms with van der Waals surface area (Å²) in [5.41, 5.74) is 2.59. The lowest BCUT2D eigenvalue weighted by Gasteiger charge is -2.22. The predicted octanol–water partition coefficient (Wildman–Crippen LogP) is 3.32. The molecule has 7 nitrogen and oxygen atoms in total. The molecular weight excluding hydrogens is 445 g/mol. The highest BCUT2D eigenvalue weighted by molar-refractivity contribution is 5.94. The van der Waals surface area contributed by atoms with E-state index in [1.807, 2.05) is 37.4 Å². The molecule has 3 heterocycles. The van der Waals surface area contributed by atoms with Gasteiger partial charge in [-0.15, -0.1) is 0 Å². The normalized spacial score (nSPS) is 14.3. The van der Waals surface area contributed by atoms with Crippen molar-refractivity contribution in [1.82, 2.24) is 25.0 Å². The number of hydrogen-bond acceptors (Lipinski definition) is 4. The van der Waals surface area contributed by atoms with Crippen molar-refractivity contribution in [2.24, 2.45) is 13.0 Å². The largest absolute Gasteiger partial charge is 0.352 e. The number of aryl methyl sites for hydroxylation is 1. The van der Waals surface area contributed by atoms with Crippen LogP contribution in [0.4, 0.5) is 4.39 Å². The number of piperidine rings is 1. The molecule has 0 atom stereocenters. The third-order valence-corrected chi connectivity index (χ3v) is 6.68. The Balaban J connectivity index is 1.35. The second-order valence-corrected chi connectivity index (χ2v) is 9.14. The van der Waals surface area contributed by atoms with Gasteiger partial charge < -0.3 is 15.2 Å². The molecule has 1 aliphatic rings. The van der Waals surface area contributed by atoms with Crippen LogP contribution in [0.3, 0.4) is 0 Å². The van der Waals surface area contributed by atoms with Gasteiger partial charge in [0, 0.05) is 42.5 Å². The number of nitrogens with zero attached hydrogens (tertiary/aromatic N) is 3. The Morgan fingerprint density at radius 3 is 2.74 bits per heavy atom. The van der Waals surface area contributed by atoms with Crippen LogP contribution in [0.1, 0.15) is 28.8 Å². The molecule has 0 saturated carbocycles. The molecule has 2 aromatic heterocycles. The molecule has 2 aromatic carbocycles. The number of carbonyl (C=O) groups excluding carboxylic acids is 1. The fourth-order valence-electron chi connectivity index (χ4n) is 4.72. The lowest BCUT2D eigenvalue weighted by atomic mass is 9.98. The van der Waals surface area contributed by atoms with Gasteiger partial charge in [0.2, 0.25) is 0 Å². The van der Waals surface area contributed by atoms with Gasteiger partial charge >= 0.3 is 0 Å². The molecule has 1 aliphatic heterocycles. The Hall–Kier alpha value is -3.78. The monoisotopic (exact) mass is 473 g/mol. The zero-order valence-corrected chi connectivity index (χ0v) is 19.6. The standard InChI is InChI=1S/C27H28FN5O2/c1-32-25(6-10-31-32)21-2-3-24-20(14-21)7-11-33(27(24)35)17-19-12-22(15-23(28)13-19)26(34)30-16-18-4-8-29-9-5-18/h2-3,6-7,10-15,18,29H,4-5,8-9,16-17H2,1H3,(H,30,34). The van der Waals surface area contributed by atoms with Gasteiger partial charge in [-0.05, 0) is 85.3 Å². The number of halogens is 1. The first-order valence-corrected chi connectivity index (χ1v) is 11.9. The second kappa shape index (κ2) is 9.84. The summed E-state index contributed by atoms with van der Waals surface area (Å²) in [6.45, 7) is 2.66. The molecular formula is C27H28FN5O2. The van der Waals surface area contributed by atoms with Crippen LogP contribution in [0.15, 0.2) is 65.7 Å². The molecule has 8 heteroatoms. The quantitative estimate of drug-likeness (QED) is 0.450. The average Bonchev–Trinajstić information content (AvgIpc) is 3.30. The third-order valence-electron chi connectivity index (χ3n) is 6.68. The van der Waals surface area contributed by atoms with E-state index in [4.69, 9.17) is 0 Å². The van der Waals surface area contributed by atoms with E-state index >= 15 is 0 Å². The van der Waals surface area contributed by atoms with Crippen molar-refractivity contribution >= 4 is 16.7 Å². The number of hydrogen-bond donors (Lipinski definition) is 2. The Kier molecular flexibility index (Phi) is 6.46. The van der Waals surface area contributed by atoms with Gasteiger partial charge in [0.15, 0.2) is 0 Å². The van der Waals surface area contributed by atoms with Crippen LogP contribution >= 0.6 is 0 Å². The van der Waals surface area contributed by atoms with E-state index in [-0.39, 0.29) is 23.6 Å². The number of fused-ring (bicyclic) bond motifs is 1. The summed E-state index contributed by atoms with van der Waals surface area (Å²) in [4.78, 5) is 25.8. The van der Waals surface area contributed by atoms with E-state index in [1.165, 1.54) is 16.7 Å². The van der Waals surface area contributed by atoms with Crippen LogP contribution in [0.2, 0.25) is 0 Å². The summed E-state index contributed by atoms with van der Waals surface area (Å²) >= 11 is 0. The van der Waals surface area contributed by atoms with Crippen LogP contribution in [0.25, 0.3) is 22.0 Å². The molecule has 1 amide bonds. The first-order chi connectivity index (χ1) is 17.0. The van der Waals surface area contributed by atoms with Gasteiger partial charge in [0.25, 0.3) is 11.5 Å². The van der Waals surface area contributed by atoms with E-state index in [2.05, 4.69) is 15.7 Å². The second-order valence-electron chi connectivity index (χ2n) is 9.14. The van der Waals surface area contributed by atoms with Crippen molar-refractivity contribution in [3.63, 3.8) is 0 Å². The van der Waals surface area contributed by atoms with E-state index in [1.54, 1.807) is 23.1 Å². The molecule has 1 saturated heterocycles. The minimum absolute atomic E-state index is 0.166. The fourth-order valence-corrected chi connectivity index (χ4v) is 4.72. The van der Waals surface area contributed by atoms with E-state index in [9.17, 15) is 14.0 Å². The highest BCUT2D eigenvalue weighted by Gasteiger charge is 2.16. The number of benzene rings is 2. The number of pyridine rings is 1. The van der Waals surface area contributed by atoms with E-state index in [0.29, 0.717) is 23.4 Å². The number of nitrogens with one attached hydrogen (secondary N) is 2. The van der Waals surface area contributed by atoms with Crippen LogP contribution < -0.4 is 16.2 Å². The van der Waals surface area contributed by atoms with Crippen molar-refractivity contribution in [2.45, 2.75) is 19.4 Å². The van der Waals surface area contributed by atoms with Crippen LogP contribution in [-0.4, -0.2) is 39.9 Å². The van der Waals surface area contributed by atoms with Gasteiger partial charge in [-0.3, -0.25) is 14.3 Å². The van der Waals surface area contributed by atoms with Crippen LogP contribution in [-0.2, 0) is 13.6 Å². The SMILES string of the molecule is Cn1nccc1-c1ccc2c(=O)n(Cc3cc(F)cc(C(=O)NCC4CCNCC4)c3)ccc2c1. The van der Waals surface area contributed by atoms with E-state index < -0.39 is 5.82 Å². The Bertz CT molecular complexity index is 1440. The molecule has 180 valence electrons. The third kappa shape index (κ3) is 5.02. The molecule has 0 radical (unpaired) electrons. The van der Waals surface area contributed by atoms with Crippen molar-refractivity contribution < 1.29 is 9.18 Å². The number of rotatable bonds is 6. The summed E-state index contributed by atoms with van der Waals surface area (Å²) < 4.78 is 17.7. The van der Waals surface area contributed by atoms with Gasteiger partial charge in [-0.1, -0.05) is 6.07 Å². The number of carbonyl (C=O) groups is 1. The number of amides is 1. The lowest BCUT2D eigenvalue weighted by molar-refractivity contribution is 0.0943. The molecule has 0 aliphatic carbocycles. The topological polar surface area (TPSA) is 81.0 Å². The summed E-state index contributed by atoms with van der Waals surface area (Å²) in [7, 11) is 1.87. The maximum absolute atomic E-state index is 14.4. The van der Waals surface area contributed by atoms with Crippen molar-refractivity contribution in [2.75, 3.05) is 19.6 Å². The summed E-state index contributed by atoms with van der Waals surface area (Å²) in [5.74, 6) is -0.357. The predicted molar refractivity (Wildman–Crippen MR) is 134 cm³/mol. The van der Waals surface area contributed by atoms with Gasteiger partial charge in [-0.25, -0.2) is 4.39 Å². The summed E-state index contributed by atoms with van der Waals surface area (Å²) in [6.07, 6.45) is 5.48. The number of aromatic nitrogens is 3. The zero-order valence-electron chi connectivity index (χ0n) is 19.6. The molecule has 0 bridgehead atoms. The molecule has 0 unspecified atom stereocenters. The van der Waals surface area contributed by atoms with Gasteiger partial charge in [-0.2, -0.15) is 5.10 Å². The first-order valence-electron chi connectivity index (χ1n) is 11.9. The Morgan fingerprint density at radius 1 is 1.14 bits per heavy atom. The van der Waals surface area contributed by atoms with Gasteiger partial charge in [0.05, 0.1) is 12.2 Å². The smallest absolute Gasteiger partial charge is 0.258 e. The van der Waals surface area contributed by atoms with Crippen molar-refractivity contribution in [1.29, 1.82) is 0 Å². The average molecular weight is 474 g/mol. The van der Waals surface area contributed by atoms with Crippen molar-refractivity contribution in [3.05, 3.63) is 88.2 Å². The Labute approximate surface area is 202 Å². The summed E-state index contributed by atoms with van der Waals surface area (Å²) in [6, 6.07) is 13.7. The maximum Gasteiger partial charge on any atom is 0.258 e.